The molecule has 1 aromatic heterocycles. The fraction of sp³-hybridized carbons (Fsp3) is 0.750. The van der Waals surface area contributed by atoms with Crippen molar-refractivity contribution in [3.05, 3.63) is 11.4 Å². The van der Waals surface area contributed by atoms with E-state index in [0.29, 0.717) is 17.9 Å². The molecule has 0 aliphatic heterocycles. The first-order valence-electron chi connectivity index (χ1n) is 6.73. The third kappa shape index (κ3) is 4.02. The molecule has 0 saturated carbocycles. The molecule has 0 aliphatic carbocycles. The van der Waals surface area contributed by atoms with Crippen LogP contribution in [-0.4, -0.2) is 31.2 Å². The molecule has 110 valence electrons. The van der Waals surface area contributed by atoms with E-state index in [1.807, 2.05) is 20.8 Å². The van der Waals surface area contributed by atoms with E-state index in [4.69, 9.17) is 0 Å². The molecule has 0 amide bonds. The van der Waals surface area contributed by atoms with Crippen molar-refractivity contribution in [2.45, 2.75) is 58.0 Å². The van der Waals surface area contributed by atoms with E-state index in [1.165, 1.54) is 0 Å². The standard InChI is InChI=1S/C12H24N4O2S/c1-5-10(6-2)16-19(17,18)12-9(4)14-15-11(12)8-13-7-3/h10,13,16H,5-8H2,1-4H3,(H,14,15). The molecule has 0 fully saturated rings. The Morgan fingerprint density at radius 3 is 2.42 bits per heavy atom. The quantitative estimate of drug-likeness (QED) is 0.673. The molecule has 19 heavy (non-hydrogen) atoms. The summed E-state index contributed by atoms with van der Waals surface area (Å²) in [6.45, 7) is 8.85. The predicted molar refractivity (Wildman–Crippen MR) is 75.4 cm³/mol. The van der Waals surface area contributed by atoms with Gasteiger partial charge in [0.1, 0.15) is 4.90 Å². The first kappa shape index (κ1) is 16.1. The Labute approximate surface area is 115 Å². The van der Waals surface area contributed by atoms with Gasteiger partial charge in [0, 0.05) is 12.6 Å². The van der Waals surface area contributed by atoms with Crippen molar-refractivity contribution in [2.75, 3.05) is 6.54 Å². The number of H-pyrrole nitrogens is 1. The fourth-order valence-corrected chi connectivity index (χ4v) is 3.69. The number of nitrogens with one attached hydrogen (secondary N) is 3. The van der Waals surface area contributed by atoms with Crippen molar-refractivity contribution in [2.24, 2.45) is 0 Å². The minimum atomic E-state index is -3.52. The van der Waals surface area contributed by atoms with Crippen LogP contribution in [0.4, 0.5) is 0 Å². The zero-order valence-electron chi connectivity index (χ0n) is 12.1. The van der Waals surface area contributed by atoms with Crippen molar-refractivity contribution in [1.29, 1.82) is 0 Å². The van der Waals surface area contributed by atoms with Gasteiger partial charge in [0.05, 0.1) is 11.4 Å². The monoisotopic (exact) mass is 288 g/mol. The van der Waals surface area contributed by atoms with Crippen LogP contribution in [-0.2, 0) is 16.6 Å². The minimum absolute atomic E-state index is 0.0358. The van der Waals surface area contributed by atoms with Gasteiger partial charge in [-0.3, -0.25) is 5.10 Å². The number of sulfonamides is 1. The first-order valence-corrected chi connectivity index (χ1v) is 8.21. The number of nitrogens with zero attached hydrogens (tertiary/aromatic N) is 1. The largest absolute Gasteiger partial charge is 0.311 e. The van der Waals surface area contributed by atoms with Gasteiger partial charge in [0.15, 0.2) is 0 Å². The van der Waals surface area contributed by atoms with Gasteiger partial charge < -0.3 is 5.32 Å². The summed E-state index contributed by atoms with van der Waals surface area (Å²) in [6, 6.07) is -0.0358. The number of aromatic amines is 1. The Morgan fingerprint density at radius 1 is 1.26 bits per heavy atom. The molecule has 0 aromatic carbocycles. The van der Waals surface area contributed by atoms with E-state index in [9.17, 15) is 8.42 Å². The van der Waals surface area contributed by atoms with Gasteiger partial charge in [-0.15, -0.1) is 0 Å². The fourth-order valence-electron chi connectivity index (χ4n) is 1.92. The number of rotatable bonds is 8. The van der Waals surface area contributed by atoms with Gasteiger partial charge in [-0.05, 0) is 26.3 Å². The van der Waals surface area contributed by atoms with Crippen molar-refractivity contribution in [3.63, 3.8) is 0 Å². The predicted octanol–water partition coefficient (Wildman–Crippen LogP) is 1.29. The average Bonchev–Trinajstić information content (AvgIpc) is 2.75. The molecular weight excluding hydrogens is 264 g/mol. The Hall–Kier alpha value is -0.920. The van der Waals surface area contributed by atoms with Crippen molar-refractivity contribution in [3.8, 4) is 0 Å². The third-order valence-corrected chi connectivity index (χ3v) is 4.80. The molecular formula is C12H24N4O2S. The molecule has 0 radical (unpaired) electrons. The summed E-state index contributed by atoms with van der Waals surface area (Å²) in [7, 11) is -3.52. The second-order valence-corrected chi connectivity index (χ2v) is 6.19. The zero-order valence-corrected chi connectivity index (χ0v) is 12.9. The second-order valence-electron chi connectivity index (χ2n) is 4.54. The maximum Gasteiger partial charge on any atom is 0.244 e. The molecule has 0 saturated heterocycles. The number of aromatic nitrogens is 2. The first-order chi connectivity index (χ1) is 8.96. The molecule has 1 aromatic rings. The lowest BCUT2D eigenvalue weighted by Crippen LogP contribution is -2.34. The highest BCUT2D eigenvalue weighted by molar-refractivity contribution is 7.89. The topological polar surface area (TPSA) is 86.9 Å². The molecule has 3 N–H and O–H groups in total. The maximum absolute atomic E-state index is 12.4. The lowest BCUT2D eigenvalue weighted by molar-refractivity contribution is 0.528. The molecule has 6 nitrogen and oxygen atoms in total. The van der Waals surface area contributed by atoms with E-state index in [1.54, 1.807) is 6.92 Å². The van der Waals surface area contributed by atoms with E-state index < -0.39 is 10.0 Å². The van der Waals surface area contributed by atoms with Gasteiger partial charge in [0.2, 0.25) is 10.0 Å². The van der Waals surface area contributed by atoms with Crippen LogP contribution in [0.5, 0.6) is 0 Å². The Balaban J connectivity index is 3.03. The summed E-state index contributed by atoms with van der Waals surface area (Å²) in [5.74, 6) is 0. The van der Waals surface area contributed by atoms with Crippen LogP contribution in [0.3, 0.4) is 0 Å². The van der Waals surface area contributed by atoms with E-state index in [0.717, 1.165) is 19.4 Å². The Morgan fingerprint density at radius 2 is 1.89 bits per heavy atom. The van der Waals surface area contributed by atoms with Crippen LogP contribution in [0.15, 0.2) is 4.90 Å². The number of hydrogen-bond donors (Lipinski definition) is 3. The zero-order chi connectivity index (χ0) is 14.5. The molecule has 0 bridgehead atoms. The van der Waals surface area contributed by atoms with Gasteiger partial charge in [-0.1, -0.05) is 20.8 Å². The third-order valence-electron chi connectivity index (χ3n) is 3.08. The average molecular weight is 288 g/mol. The number of aryl methyl sites for hydroxylation is 1. The van der Waals surface area contributed by atoms with Gasteiger partial charge in [0.25, 0.3) is 0 Å². The highest BCUT2D eigenvalue weighted by Crippen LogP contribution is 2.18. The van der Waals surface area contributed by atoms with Crippen molar-refractivity contribution >= 4 is 10.0 Å². The maximum atomic E-state index is 12.4. The molecule has 0 unspecified atom stereocenters. The van der Waals surface area contributed by atoms with Crippen LogP contribution < -0.4 is 10.0 Å². The van der Waals surface area contributed by atoms with Gasteiger partial charge in [-0.25, -0.2) is 13.1 Å². The van der Waals surface area contributed by atoms with E-state index in [-0.39, 0.29) is 10.9 Å². The molecule has 7 heteroatoms. The normalized spacial score (nSPS) is 12.3. The Kier molecular flexibility index (Phi) is 5.96. The smallest absolute Gasteiger partial charge is 0.244 e. The SMILES string of the molecule is CCNCc1n[nH]c(C)c1S(=O)(=O)NC(CC)CC. The highest BCUT2D eigenvalue weighted by atomic mass is 32.2. The summed E-state index contributed by atoms with van der Waals surface area (Å²) in [5.41, 5.74) is 1.11. The van der Waals surface area contributed by atoms with Crippen LogP contribution in [0, 0.1) is 6.92 Å². The van der Waals surface area contributed by atoms with Gasteiger partial charge in [-0.2, -0.15) is 5.10 Å². The lowest BCUT2D eigenvalue weighted by Gasteiger charge is -2.15. The molecule has 1 heterocycles. The van der Waals surface area contributed by atoms with Crippen LogP contribution in [0.2, 0.25) is 0 Å². The van der Waals surface area contributed by atoms with Gasteiger partial charge >= 0.3 is 0 Å². The van der Waals surface area contributed by atoms with Crippen molar-refractivity contribution < 1.29 is 8.42 Å². The Bertz CT molecular complexity index is 492. The lowest BCUT2D eigenvalue weighted by atomic mass is 10.2. The molecule has 0 spiro atoms. The molecule has 0 atom stereocenters. The summed E-state index contributed by atoms with van der Waals surface area (Å²) in [4.78, 5) is 0.278. The van der Waals surface area contributed by atoms with Crippen LogP contribution in [0.25, 0.3) is 0 Å². The number of hydrogen-bond acceptors (Lipinski definition) is 4. The second kappa shape index (κ2) is 7.02. The van der Waals surface area contributed by atoms with E-state index >= 15 is 0 Å². The molecule has 0 aliphatic rings. The van der Waals surface area contributed by atoms with Crippen LogP contribution >= 0.6 is 0 Å². The van der Waals surface area contributed by atoms with Crippen LogP contribution in [0.1, 0.15) is 45.0 Å². The summed E-state index contributed by atoms with van der Waals surface area (Å²) >= 11 is 0. The summed E-state index contributed by atoms with van der Waals surface area (Å²) in [6.07, 6.45) is 1.55. The summed E-state index contributed by atoms with van der Waals surface area (Å²) in [5, 5.41) is 9.92. The van der Waals surface area contributed by atoms with Crippen molar-refractivity contribution in [1.82, 2.24) is 20.2 Å². The minimum Gasteiger partial charge on any atom is -0.311 e. The highest BCUT2D eigenvalue weighted by Gasteiger charge is 2.25. The summed E-state index contributed by atoms with van der Waals surface area (Å²) < 4.78 is 27.6. The van der Waals surface area contributed by atoms with E-state index in [2.05, 4.69) is 20.2 Å². The molecule has 1 rings (SSSR count).